The first-order valence-corrected chi connectivity index (χ1v) is 7.29. The minimum Gasteiger partial charge on any atom is -0.481 e. The van der Waals surface area contributed by atoms with E-state index in [4.69, 9.17) is 10.2 Å². The van der Waals surface area contributed by atoms with Crippen molar-refractivity contribution >= 4 is 18.0 Å². The lowest BCUT2D eigenvalue weighted by Gasteiger charge is -2.35. The third-order valence-corrected chi connectivity index (χ3v) is 3.64. The van der Waals surface area contributed by atoms with Gasteiger partial charge in [-0.15, -0.1) is 0 Å². The molecule has 0 spiro atoms. The van der Waals surface area contributed by atoms with E-state index in [1.807, 2.05) is 0 Å². The van der Waals surface area contributed by atoms with Crippen LogP contribution in [0.1, 0.15) is 39.5 Å². The van der Waals surface area contributed by atoms with E-state index in [-0.39, 0.29) is 25.3 Å². The predicted octanol–water partition coefficient (Wildman–Crippen LogP) is 1.38. The summed E-state index contributed by atoms with van der Waals surface area (Å²) in [5, 5.41) is 20.2. The Morgan fingerprint density at radius 1 is 1.19 bits per heavy atom. The van der Waals surface area contributed by atoms with Crippen LogP contribution in [0, 0.1) is 11.8 Å². The van der Waals surface area contributed by atoms with Crippen molar-refractivity contribution in [3.8, 4) is 0 Å². The molecular weight excluding hydrogens is 276 g/mol. The second-order valence-electron chi connectivity index (χ2n) is 5.98. The summed E-state index contributed by atoms with van der Waals surface area (Å²) >= 11 is 0. The van der Waals surface area contributed by atoms with Gasteiger partial charge in [-0.2, -0.15) is 0 Å². The summed E-state index contributed by atoms with van der Waals surface area (Å²) in [6.45, 7) is 5.38. The van der Waals surface area contributed by atoms with Crippen molar-refractivity contribution in [1.82, 2.24) is 10.2 Å². The molecule has 0 bridgehead atoms. The summed E-state index contributed by atoms with van der Waals surface area (Å²) in [5.41, 5.74) is 0. The molecule has 1 heterocycles. The number of carbonyl (C=O) groups is 3. The van der Waals surface area contributed by atoms with Crippen LogP contribution in [-0.4, -0.2) is 52.2 Å². The van der Waals surface area contributed by atoms with Gasteiger partial charge in [-0.05, 0) is 31.1 Å². The maximum absolute atomic E-state index is 12.1. The Labute approximate surface area is 124 Å². The SMILES string of the molecule is CC1CC(C)CN(C(=O)N[C@H](CCCC(=O)O)C(=O)O)C1. The van der Waals surface area contributed by atoms with E-state index in [1.54, 1.807) is 4.90 Å². The maximum Gasteiger partial charge on any atom is 0.326 e. The molecule has 3 atom stereocenters. The highest BCUT2D eigenvalue weighted by molar-refractivity contribution is 5.82. The molecule has 0 saturated carbocycles. The lowest BCUT2D eigenvalue weighted by molar-refractivity contribution is -0.140. The lowest BCUT2D eigenvalue weighted by Crippen LogP contribution is -2.52. The number of likely N-dealkylation sites (tertiary alicyclic amines) is 1. The topological polar surface area (TPSA) is 107 Å². The fourth-order valence-corrected chi connectivity index (χ4v) is 2.78. The zero-order chi connectivity index (χ0) is 16.0. The normalized spacial score (nSPS) is 23.4. The van der Waals surface area contributed by atoms with E-state index in [1.165, 1.54) is 0 Å². The van der Waals surface area contributed by atoms with Crippen LogP contribution >= 0.6 is 0 Å². The third kappa shape index (κ3) is 6.01. The second-order valence-corrected chi connectivity index (χ2v) is 5.98. The van der Waals surface area contributed by atoms with Crippen molar-refractivity contribution < 1.29 is 24.6 Å². The average molecular weight is 300 g/mol. The molecule has 2 unspecified atom stereocenters. The molecular formula is C14H24N2O5. The number of nitrogens with one attached hydrogen (secondary N) is 1. The quantitative estimate of drug-likeness (QED) is 0.687. The van der Waals surface area contributed by atoms with Crippen LogP contribution in [0.5, 0.6) is 0 Å². The second kappa shape index (κ2) is 7.85. The van der Waals surface area contributed by atoms with Gasteiger partial charge in [0.05, 0.1) is 0 Å². The molecule has 0 aromatic heterocycles. The van der Waals surface area contributed by atoms with Gasteiger partial charge >= 0.3 is 18.0 Å². The Balaban J connectivity index is 2.51. The summed E-state index contributed by atoms with van der Waals surface area (Å²) in [4.78, 5) is 35.4. The highest BCUT2D eigenvalue weighted by atomic mass is 16.4. The number of urea groups is 1. The Morgan fingerprint density at radius 2 is 1.76 bits per heavy atom. The van der Waals surface area contributed by atoms with E-state index in [0.29, 0.717) is 24.9 Å². The van der Waals surface area contributed by atoms with Gasteiger partial charge in [0.2, 0.25) is 0 Å². The molecule has 21 heavy (non-hydrogen) atoms. The molecule has 1 aliphatic rings. The highest BCUT2D eigenvalue weighted by Gasteiger charge is 2.28. The first-order chi connectivity index (χ1) is 9.79. The summed E-state index contributed by atoms with van der Waals surface area (Å²) in [7, 11) is 0. The number of rotatable bonds is 6. The van der Waals surface area contributed by atoms with Gasteiger partial charge in [0.15, 0.2) is 0 Å². The van der Waals surface area contributed by atoms with Gasteiger partial charge in [0, 0.05) is 19.5 Å². The summed E-state index contributed by atoms with van der Waals surface area (Å²) in [6, 6.07) is -1.42. The van der Waals surface area contributed by atoms with Crippen molar-refractivity contribution in [3.63, 3.8) is 0 Å². The van der Waals surface area contributed by atoms with Crippen molar-refractivity contribution in [2.24, 2.45) is 11.8 Å². The van der Waals surface area contributed by atoms with Crippen molar-refractivity contribution in [3.05, 3.63) is 0 Å². The summed E-state index contributed by atoms with van der Waals surface area (Å²) in [5.74, 6) is -1.31. The van der Waals surface area contributed by atoms with Crippen LogP contribution in [0.15, 0.2) is 0 Å². The molecule has 2 amide bonds. The standard InChI is InChI=1S/C14H24N2O5/c1-9-6-10(2)8-16(7-9)14(21)15-11(13(19)20)4-3-5-12(17)18/h9-11H,3-8H2,1-2H3,(H,15,21)(H,17,18)(H,19,20)/t9?,10?,11-/m1/s1. The van der Waals surface area contributed by atoms with Gasteiger partial charge < -0.3 is 20.4 Å². The van der Waals surface area contributed by atoms with Crippen LogP contribution < -0.4 is 5.32 Å². The van der Waals surface area contributed by atoms with E-state index < -0.39 is 18.0 Å². The Bertz CT molecular complexity index is 389. The number of carbonyl (C=O) groups excluding carboxylic acids is 1. The molecule has 120 valence electrons. The van der Waals surface area contributed by atoms with Gasteiger partial charge in [-0.1, -0.05) is 13.8 Å². The molecule has 0 aromatic rings. The number of carboxylic acid groups (broad SMARTS) is 2. The molecule has 0 radical (unpaired) electrons. The van der Waals surface area contributed by atoms with Gasteiger partial charge in [-0.25, -0.2) is 9.59 Å². The lowest BCUT2D eigenvalue weighted by atomic mass is 9.92. The Morgan fingerprint density at radius 3 is 2.24 bits per heavy atom. The number of nitrogens with zero attached hydrogens (tertiary/aromatic N) is 1. The number of hydrogen-bond acceptors (Lipinski definition) is 3. The van der Waals surface area contributed by atoms with Crippen LogP contribution in [0.25, 0.3) is 0 Å². The van der Waals surface area contributed by atoms with Crippen LogP contribution in [0.4, 0.5) is 4.79 Å². The maximum atomic E-state index is 12.1. The fourth-order valence-electron chi connectivity index (χ4n) is 2.78. The molecule has 7 nitrogen and oxygen atoms in total. The summed E-state index contributed by atoms with van der Waals surface area (Å²) in [6.07, 6.45) is 1.30. The molecule has 0 aliphatic carbocycles. The Hall–Kier alpha value is -1.79. The van der Waals surface area contributed by atoms with Crippen LogP contribution in [0.3, 0.4) is 0 Å². The zero-order valence-corrected chi connectivity index (χ0v) is 12.5. The number of aliphatic carboxylic acids is 2. The van der Waals surface area contributed by atoms with Crippen LogP contribution in [0.2, 0.25) is 0 Å². The van der Waals surface area contributed by atoms with Gasteiger partial charge in [0.25, 0.3) is 0 Å². The number of amides is 2. The molecule has 1 fully saturated rings. The first-order valence-electron chi connectivity index (χ1n) is 7.29. The van der Waals surface area contributed by atoms with E-state index >= 15 is 0 Å². The molecule has 1 saturated heterocycles. The van der Waals surface area contributed by atoms with E-state index in [0.717, 1.165) is 6.42 Å². The molecule has 0 aromatic carbocycles. The third-order valence-electron chi connectivity index (χ3n) is 3.64. The monoisotopic (exact) mass is 300 g/mol. The number of carboxylic acids is 2. The van der Waals surface area contributed by atoms with Gasteiger partial charge in [-0.3, -0.25) is 4.79 Å². The minimum atomic E-state index is -1.13. The van der Waals surface area contributed by atoms with E-state index in [2.05, 4.69) is 19.2 Å². The Kier molecular flexibility index (Phi) is 6.45. The van der Waals surface area contributed by atoms with Gasteiger partial charge in [0.1, 0.15) is 6.04 Å². The predicted molar refractivity (Wildman–Crippen MR) is 76.0 cm³/mol. The molecule has 1 aliphatic heterocycles. The van der Waals surface area contributed by atoms with Crippen molar-refractivity contribution in [2.45, 2.75) is 45.6 Å². The smallest absolute Gasteiger partial charge is 0.326 e. The number of piperidine rings is 1. The van der Waals surface area contributed by atoms with E-state index in [9.17, 15) is 14.4 Å². The minimum absolute atomic E-state index is 0.0998. The number of hydrogen-bond donors (Lipinski definition) is 3. The zero-order valence-electron chi connectivity index (χ0n) is 12.5. The van der Waals surface area contributed by atoms with Crippen molar-refractivity contribution in [1.29, 1.82) is 0 Å². The average Bonchev–Trinajstić information content (AvgIpc) is 2.35. The highest BCUT2D eigenvalue weighted by Crippen LogP contribution is 2.21. The molecule has 7 heteroatoms. The fraction of sp³-hybridized carbons (Fsp3) is 0.786. The molecule has 3 N–H and O–H groups in total. The van der Waals surface area contributed by atoms with Crippen molar-refractivity contribution in [2.75, 3.05) is 13.1 Å². The van der Waals surface area contributed by atoms with Crippen LogP contribution in [-0.2, 0) is 9.59 Å². The summed E-state index contributed by atoms with van der Waals surface area (Å²) < 4.78 is 0. The first kappa shape index (κ1) is 17.3. The molecule has 1 rings (SSSR count). The largest absolute Gasteiger partial charge is 0.481 e.